The van der Waals surface area contributed by atoms with Gasteiger partial charge in [0.05, 0.1) is 0 Å². The van der Waals surface area contributed by atoms with Crippen molar-refractivity contribution >= 4 is 5.97 Å². The van der Waals surface area contributed by atoms with Crippen molar-refractivity contribution in [1.29, 1.82) is 0 Å². The third-order valence-corrected chi connectivity index (χ3v) is 2.80. The number of benzene rings is 1. The van der Waals surface area contributed by atoms with Gasteiger partial charge in [0.2, 0.25) is 0 Å². The Bertz CT molecular complexity index is 471. The minimum absolute atomic E-state index is 0. The second-order valence-corrected chi connectivity index (χ2v) is 6.47. The first-order valence-electron chi connectivity index (χ1n) is 7.48. The summed E-state index contributed by atoms with van der Waals surface area (Å²) in [6, 6.07) is 4.21. The Hall–Kier alpha value is 0.00636. The normalized spacial score (nSPS) is 10.4. The Kier molecular flexibility index (Phi) is 14.5. The molecule has 0 spiro atoms. The molecule has 0 bridgehead atoms. The average Bonchev–Trinajstić information content (AvgIpc) is 2.32. The molecule has 0 atom stereocenters. The van der Waals surface area contributed by atoms with Gasteiger partial charge in [0.25, 0.3) is 0 Å². The summed E-state index contributed by atoms with van der Waals surface area (Å²) in [5.74, 6) is -0.648. The monoisotopic (exact) mass is 363 g/mol. The fourth-order valence-corrected chi connectivity index (χ4v) is 2.21. The van der Waals surface area contributed by atoms with Gasteiger partial charge < -0.3 is 29.7 Å². The van der Waals surface area contributed by atoms with Gasteiger partial charge in [-0.25, -0.2) is 0 Å². The predicted octanol–water partition coefficient (Wildman–Crippen LogP) is -2.66. The molecule has 6 nitrogen and oxygen atoms in total. The molecule has 0 unspecified atom stereocenters. The van der Waals surface area contributed by atoms with Crippen molar-refractivity contribution in [2.75, 3.05) is 42.3 Å². The molecule has 0 saturated heterocycles. The van der Waals surface area contributed by atoms with E-state index in [4.69, 9.17) is 9.90 Å². The number of phenolic OH excluding ortho intramolecular Hbond substituents is 1. The van der Waals surface area contributed by atoms with E-state index in [2.05, 4.69) is 40.9 Å². The van der Waals surface area contributed by atoms with Crippen molar-refractivity contribution < 1.29 is 66.4 Å². The van der Waals surface area contributed by atoms with Gasteiger partial charge in [-0.1, -0.05) is 0 Å². The number of nitrogens with zero attached hydrogens (tertiary/aromatic N) is 3. The first-order chi connectivity index (χ1) is 10.5. The molecule has 1 rings (SSSR count). The first kappa shape index (κ1) is 26.2. The number of carboxylic acids is 1. The molecule has 0 aliphatic rings. The molecular weight excluding hydrogens is 333 g/mol. The number of aliphatic carboxylic acids is 1. The third-order valence-electron chi connectivity index (χ3n) is 2.80. The topological polar surface area (TPSA) is 70.1 Å². The van der Waals surface area contributed by atoms with Crippen molar-refractivity contribution in [1.82, 2.24) is 14.7 Å². The fraction of sp³-hybridized carbons (Fsp3) is 0.588. The molecule has 0 aliphatic heterocycles. The Labute approximate surface area is 188 Å². The number of carbonyl (C=O) groups is 1. The molecule has 7 heteroatoms. The van der Waals surface area contributed by atoms with Crippen LogP contribution in [0.1, 0.15) is 23.6 Å². The number of carbonyl (C=O) groups excluding carboxylic acids is 1. The largest absolute Gasteiger partial charge is 1.00 e. The third kappa shape index (κ3) is 12.4. The van der Waals surface area contributed by atoms with E-state index in [1.807, 2.05) is 28.2 Å². The second-order valence-electron chi connectivity index (χ2n) is 6.47. The number of hydrogen-bond donors (Lipinski definition) is 1. The van der Waals surface area contributed by atoms with Crippen molar-refractivity contribution in [3.63, 3.8) is 0 Å². The molecule has 1 aromatic rings. The van der Waals surface area contributed by atoms with Gasteiger partial charge >= 0.3 is 51.4 Å². The van der Waals surface area contributed by atoms with Gasteiger partial charge in [-0.05, 0) is 66.9 Å². The van der Waals surface area contributed by atoms with Crippen molar-refractivity contribution in [3.05, 3.63) is 28.8 Å². The van der Waals surface area contributed by atoms with Gasteiger partial charge in [0.1, 0.15) is 5.75 Å². The van der Waals surface area contributed by atoms with Crippen LogP contribution in [0.25, 0.3) is 0 Å². The Morgan fingerprint density at radius 1 is 0.917 bits per heavy atom. The maximum Gasteiger partial charge on any atom is 1.00 e. The summed E-state index contributed by atoms with van der Waals surface area (Å²) < 4.78 is 0. The standard InChI is InChI=1S/C15H27N3O.C2H4O2.K/c1-16(2)9-12-7-13(10-17(3)4)15(19)14(8-12)11-18(5)6;1-2(3)4;/h7-8,19H,9-11H2,1-6H3;1H3,(H,3,4);/q;;+1/p-1. The van der Waals surface area contributed by atoms with Crippen LogP contribution in [0.3, 0.4) is 0 Å². The van der Waals surface area contributed by atoms with Crippen molar-refractivity contribution in [2.24, 2.45) is 0 Å². The summed E-state index contributed by atoms with van der Waals surface area (Å²) >= 11 is 0. The minimum Gasteiger partial charge on any atom is -0.550 e. The molecule has 1 aromatic carbocycles. The van der Waals surface area contributed by atoms with Crippen LogP contribution in [-0.4, -0.2) is 68.1 Å². The second kappa shape index (κ2) is 13.2. The van der Waals surface area contributed by atoms with Crippen molar-refractivity contribution in [3.8, 4) is 5.75 Å². The molecule has 0 radical (unpaired) electrons. The van der Waals surface area contributed by atoms with E-state index in [-0.39, 0.29) is 51.4 Å². The van der Waals surface area contributed by atoms with E-state index in [9.17, 15) is 5.11 Å². The average molecular weight is 364 g/mol. The summed E-state index contributed by atoms with van der Waals surface area (Å²) in [6.07, 6.45) is 0. The molecule has 1 N–H and O–H groups in total. The van der Waals surface area contributed by atoms with Gasteiger partial charge in [-0.15, -0.1) is 0 Å². The molecule has 24 heavy (non-hydrogen) atoms. The van der Waals surface area contributed by atoms with Gasteiger partial charge in [-0.3, -0.25) is 0 Å². The van der Waals surface area contributed by atoms with Crippen LogP contribution in [0.4, 0.5) is 0 Å². The molecule has 0 saturated carbocycles. The summed E-state index contributed by atoms with van der Waals surface area (Å²) in [6.45, 7) is 3.38. The Balaban J connectivity index is 0. The van der Waals surface area contributed by atoms with E-state index in [0.29, 0.717) is 5.75 Å². The quantitative estimate of drug-likeness (QED) is 0.556. The summed E-state index contributed by atoms with van der Waals surface area (Å²) in [7, 11) is 12.2. The van der Waals surface area contributed by atoms with Crippen LogP contribution in [0.5, 0.6) is 5.75 Å². The Morgan fingerprint density at radius 2 is 1.21 bits per heavy atom. The maximum atomic E-state index is 10.4. The summed E-state index contributed by atoms with van der Waals surface area (Å²) in [5, 5.41) is 19.3. The number of phenols is 1. The molecule has 0 amide bonds. The van der Waals surface area contributed by atoms with E-state index < -0.39 is 5.97 Å². The number of hydrogen-bond acceptors (Lipinski definition) is 6. The van der Waals surface area contributed by atoms with E-state index in [1.54, 1.807) is 0 Å². The summed E-state index contributed by atoms with van der Waals surface area (Å²) in [4.78, 5) is 15.2. The van der Waals surface area contributed by atoms with Gasteiger partial charge in [0, 0.05) is 36.7 Å². The van der Waals surface area contributed by atoms with Crippen LogP contribution >= 0.6 is 0 Å². The molecular formula is C17H30KN3O3. The first-order valence-corrected chi connectivity index (χ1v) is 7.48. The number of aromatic hydroxyl groups is 1. The van der Waals surface area contributed by atoms with Crippen molar-refractivity contribution in [2.45, 2.75) is 26.6 Å². The SMILES string of the molecule is CC(=O)[O-].CN(C)Cc1cc(CN(C)C)c(O)c(CN(C)C)c1.[K+]. The summed E-state index contributed by atoms with van der Waals surface area (Å²) in [5.41, 5.74) is 3.25. The number of carboxylic acid groups (broad SMARTS) is 1. The van der Waals surface area contributed by atoms with Gasteiger partial charge in [0.15, 0.2) is 0 Å². The number of rotatable bonds is 6. The Morgan fingerprint density at radius 3 is 1.46 bits per heavy atom. The molecule has 0 fully saturated rings. The molecule has 0 aromatic heterocycles. The fourth-order valence-electron chi connectivity index (χ4n) is 2.21. The van der Waals surface area contributed by atoms with E-state index in [1.165, 1.54) is 5.56 Å². The van der Waals surface area contributed by atoms with Gasteiger partial charge in [-0.2, -0.15) is 0 Å². The molecule has 0 heterocycles. The predicted molar refractivity (Wildman–Crippen MR) is 91.0 cm³/mol. The zero-order chi connectivity index (χ0) is 18.2. The van der Waals surface area contributed by atoms with Crippen LogP contribution in [0, 0.1) is 0 Å². The minimum atomic E-state index is -1.08. The smallest absolute Gasteiger partial charge is 0.550 e. The van der Waals surface area contributed by atoms with E-state index in [0.717, 1.165) is 37.7 Å². The van der Waals surface area contributed by atoms with Crippen LogP contribution in [-0.2, 0) is 24.4 Å². The zero-order valence-electron chi connectivity index (χ0n) is 16.4. The zero-order valence-corrected chi connectivity index (χ0v) is 19.5. The van der Waals surface area contributed by atoms with E-state index >= 15 is 0 Å². The van der Waals surface area contributed by atoms with Crippen LogP contribution in [0.15, 0.2) is 12.1 Å². The molecule has 0 aliphatic carbocycles. The molecule has 132 valence electrons. The van der Waals surface area contributed by atoms with Crippen LogP contribution < -0.4 is 56.5 Å². The van der Waals surface area contributed by atoms with Crippen LogP contribution in [0.2, 0.25) is 0 Å². The maximum absolute atomic E-state index is 10.4.